The van der Waals surface area contributed by atoms with Gasteiger partial charge in [0.05, 0.1) is 5.41 Å². The maximum atomic E-state index is 11.7. The first-order valence-corrected chi connectivity index (χ1v) is 6.44. The Balaban J connectivity index is 2.35. The second-order valence-corrected chi connectivity index (χ2v) is 5.21. The summed E-state index contributed by atoms with van der Waals surface area (Å²) in [5.74, 6) is -0.410. The second kappa shape index (κ2) is 4.91. The Labute approximate surface area is 103 Å². The van der Waals surface area contributed by atoms with Gasteiger partial charge in [-0.1, -0.05) is 49.6 Å². The molecule has 1 saturated carbocycles. The number of carboxylic acid groups (broad SMARTS) is 1. The molecule has 1 aliphatic rings. The number of aliphatic carboxylic acids is 1. The Morgan fingerprint density at radius 2 is 1.76 bits per heavy atom. The Morgan fingerprint density at radius 1 is 1.18 bits per heavy atom. The van der Waals surface area contributed by atoms with Crippen LogP contribution in [0.4, 0.5) is 0 Å². The molecule has 0 bridgehead atoms. The van der Waals surface area contributed by atoms with Gasteiger partial charge in [0.2, 0.25) is 0 Å². The van der Waals surface area contributed by atoms with Crippen LogP contribution in [0.25, 0.3) is 0 Å². The molecule has 0 saturated heterocycles. The van der Waals surface area contributed by atoms with Crippen LogP contribution in [0.2, 0.25) is 0 Å². The molecule has 0 spiro atoms. The molecule has 0 heterocycles. The molecule has 0 radical (unpaired) electrons. The van der Waals surface area contributed by atoms with Gasteiger partial charge in [0.25, 0.3) is 0 Å². The third-order valence-electron chi connectivity index (χ3n) is 4.24. The number of hydrogen-bond acceptors (Lipinski definition) is 1. The largest absolute Gasteiger partial charge is 0.481 e. The van der Waals surface area contributed by atoms with E-state index in [-0.39, 0.29) is 5.92 Å². The quantitative estimate of drug-likeness (QED) is 0.864. The number of carboxylic acids is 1. The lowest BCUT2D eigenvalue weighted by molar-refractivity contribution is -0.146. The number of hydrogen-bond donors (Lipinski definition) is 1. The van der Waals surface area contributed by atoms with Gasteiger partial charge in [-0.3, -0.25) is 4.79 Å². The van der Waals surface area contributed by atoms with Crippen LogP contribution >= 0.6 is 0 Å². The maximum Gasteiger partial charge on any atom is 0.314 e. The van der Waals surface area contributed by atoms with Crippen molar-refractivity contribution in [2.24, 2.45) is 5.92 Å². The molecule has 0 aliphatic heterocycles. The van der Waals surface area contributed by atoms with Crippen LogP contribution in [0.15, 0.2) is 30.3 Å². The molecule has 1 aromatic carbocycles. The zero-order valence-electron chi connectivity index (χ0n) is 10.4. The van der Waals surface area contributed by atoms with Gasteiger partial charge in [-0.05, 0) is 31.2 Å². The smallest absolute Gasteiger partial charge is 0.314 e. The number of rotatable bonds is 3. The molecular formula is C15H20O2. The number of benzene rings is 1. The van der Waals surface area contributed by atoms with Crippen molar-refractivity contribution in [3.8, 4) is 0 Å². The molecule has 2 nitrogen and oxygen atoms in total. The van der Waals surface area contributed by atoms with E-state index < -0.39 is 11.4 Å². The summed E-state index contributed by atoms with van der Waals surface area (Å²) >= 11 is 0. The van der Waals surface area contributed by atoms with Crippen LogP contribution in [-0.2, 0) is 10.2 Å². The fourth-order valence-electron chi connectivity index (χ4n) is 3.00. The minimum atomic E-state index is -0.721. The number of carbonyl (C=O) groups is 1. The minimum absolute atomic E-state index is 0.274. The van der Waals surface area contributed by atoms with E-state index >= 15 is 0 Å². The lowest BCUT2D eigenvalue weighted by atomic mass is 9.66. The molecule has 1 aromatic rings. The van der Waals surface area contributed by atoms with E-state index in [0.29, 0.717) is 0 Å². The van der Waals surface area contributed by atoms with Crippen LogP contribution in [0, 0.1) is 5.92 Å². The SMILES string of the molecule is C[C@@](C(=O)O)(c1ccccc1)C1CCCCC1. The second-order valence-electron chi connectivity index (χ2n) is 5.21. The zero-order chi connectivity index (χ0) is 12.3. The highest BCUT2D eigenvalue weighted by Crippen LogP contribution is 2.41. The first-order chi connectivity index (χ1) is 8.15. The van der Waals surface area contributed by atoms with Gasteiger partial charge in [0.1, 0.15) is 0 Å². The monoisotopic (exact) mass is 232 g/mol. The Kier molecular flexibility index (Phi) is 3.51. The summed E-state index contributed by atoms with van der Waals surface area (Å²) in [6.07, 6.45) is 5.66. The summed E-state index contributed by atoms with van der Waals surface area (Å²) in [6, 6.07) is 9.69. The molecule has 17 heavy (non-hydrogen) atoms. The third kappa shape index (κ3) is 2.21. The predicted molar refractivity (Wildman–Crippen MR) is 68.0 cm³/mol. The summed E-state index contributed by atoms with van der Waals surface area (Å²) in [4.78, 5) is 11.7. The Bertz CT molecular complexity index is 379. The summed E-state index contributed by atoms with van der Waals surface area (Å²) in [7, 11) is 0. The first kappa shape index (κ1) is 12.2. The summed E-state index contributed by atoms with van der Waals surface area (Å²) in [5.41, 5.74) is 0.223. The van der Waals surface area contributed by atoms with E-state index in [1.807, 2.05) is 37.3 Å². The zero-order valence-corrected chi connectivity index (χ0v) is 10.4. The van der Waals surface area contributed by atoms with Crippen LogP contribution in [-0.4, -0.2) is 11.1 Å². The molecule has 92 valence electrons. The fraction of sp³-hybridized carbons (Fsp3) is 0.533. The lowest BCUT2D eigenvalue weighted by Crippen LogP contribution is -2.41. The van der Waals surface area contributed by atoms with E-state index in [4.69, 9.17) is 0 Å². The van der Waals surface area contributed by atoms with Crippen LogP contribution < -0.4 is 0 Å². The highest BCUT2D eigenvalue weighted by Gasteiger charge is 2.42. The Morgan fingerprint density at radius 3 is 2.29 bits per heavy atom. The molecule has 1 aliphatic carbocycles. The van der Waals surface area contributed by atoms with Gasteiger partial charge < -0.3 is 5.11 Å². The van der Waals surface area contributed by atoms with E-state index in [1.54, 1.807) is 0 Å². The molecule has 2 heteroatoms. The Hall–Kier alpha value is -1.31. The molecule has 1 N–H and O–H groups in total. The van der Waals surface area contributed by atoms with Crippen molar-refractivity contribution in [3.63, 3.8) is 0 Å². The van der Waals surface area contributed by atoms with E-state index in [1.165, 1.54) is 19.3 Å². The van der Waals surface area contributed by atoms with Gasteiger partial charge >= 0.3 is 5.97 Å². The minimum Gasteiger partial charge on any atom is -0.481 e. The standard InChI is InChI=1S/C15H20O2/c1-15(14(16)17,12-8-4-2-5-9-12)13-10-6-3-7-11-13/h2,4-5,8-9,13H,3,6-7,10-11H2,1H3,(H,16,17)/t15-/m1/s1. The van der Waals surface area contributed by atoms with Gasteiger partial charge in [-0.15, -0.1) is 0 Å². The van der Waals surface area contributed by atoms with Crippen LogP contribution in [0.5, 0.6) is 0 Å². The lowest BCUT2D eigenvalue weighted by Gasteiger charge is -2.36. The van der Waals surface area contributed by atoms with Crippen molar-refractivity contribution in [2.45, 2.75) is 44.4 Å². The topological polar surface area (TPSA) is 37.3 Å². The molecule has 2 rings (SSSR count). The molecular weight excluding hydrogens is 212 g/mol. The van der Waals surface area contributed by atoms with Gasteiger partial charge in [0.15, 0.2) is 0 Å². The van der Waals surface area contributed by atoms with Crippen LogP contribution in [0.1, 0.15) is 44.6 Å². The third-order valence-corrected chi connectivity index (χ3v) is 4.24. The first-order valence-electron chi connectivity index (χ1n) is 6.44. The van der Waals surface area contributed by atoms with E-state index in [0.717, 1.165) is 18.4 Å². The van der Waals surface area contributed by atoms with Crippen molar-refractivity contribution in [2.75, 3.05) is 0 Å². The molecule has 1 fully saturated rings. The normalized spacial score (nSPS) is 20.8. The van der Waals surface area contributed by atoms with Crippen molar-refractivity contribution in [3.05, 3.63) is 35.9 Å². The van der Waals surface area contributed by atoms with Gasteiger partial charge in [-0.25, -0.2) is 0 Å². The van der Waals surface area contributed by atoms with Crippen molar-refractivity contribution in [1.82, 2.24) is 0 Å². The average molecular weight is 232 g/mol. The fourth-order valence-corrected chi connectivity index (χ4v) is 3.00. The van der Waals surface area contributed by atoms with Crippen LogP contribution in [0.3, 0.4) is 0 Å². The van der Waals surface area contributed by atoms with E-state index in [2.05, 4.69) is 0 Å². The molecule has 1 atom stereocenters. The maximum absolute atomic E-state index is 11.7. The van der Waals surface area contributed by atoms with Gasteiger partial charge in [0, 0.05) is 0 Å². The summed E-state index contributed by atoms with van der Waals surface area (Å²) < 4.78 is 0. The highest BCUT2D eigenvalue weighted by atomic mass is 16.4. The predicted octanol–water partition coefficient (Wildman–Crippen LogP) is 3.61. The summed E-state index contributed by atoms with van der Waals surface area (Å²) in [5, 5.41) is 9.64. The van der Waals surface area contributed by atoms with Crippen molar-refractivity contribution >= 4 is 5.97 Å². The molecule has 0 unspecified atom stereocenters. The molecule has 0 aromatic heterocycles. The van der Waals surface area contributed by atoms with Crippen molar-refractivity contribution < 1.29 is 9.90 Å². The molecule has 0 amide bonds. The van der Waals surface area contributed by atoms with Crippen molar-refractivity contribution in [1.29, 1.82) is 0 Å². The summed E-state index contributed by atoms with van der Waals surface area (Å²) in [6.45, 7) is 1.89. The highest BCUT2D eigenvalue weighted by molar-refractivity contribution is 5.81. The van der Waals surface area contributed by atoms with E-state index in [9.17, 15) is 9.90 Å². The van der Waals surface area contributed by atoms with Gasteiger partial charge in [-0.2, -0.15) is 0 Å². The average Bonchev–Trinajstić information content (AvgIpc) is 2.39.